The van der Waals surface area contributed by atoms with Crippen molar-refractivity contribution in [2.75, 3.05) is 5.32 Å². The average Bonchev–Trinajstić information content (AvgIpc) is 2.75. The van der Waals surface area contributed by atoms with Crippen LogP contribution in [0.25, 0.3) is 22.2 Å². The minimum atomic E-state index is -0.501. The molecule has 0 spiro atoms. The van der Waals surface area contributed by atoms with Crippen molar-refractivity contribution in [3.8, 4) is 11.3 Å². The molecule has 0 unspecified atom stereocenters. The Morgan fingerprint density at radius 1 is 1.03 bits per heavy atom. The van der Waals surface area contributed by atoms with Gasteiger partial charge in [-0.05, 0) is 49.2 Å². The van der Waals surface area contributed by atoms with Gasteiger partial charge in [0.2, 0.25) is 0 Å². The molecule has 0 saturated heterocycles. The fourth-order valence-electron chi connectivity index (χ4n) is 3.57. The van der Waals surface area contributed by atoms with E-state index in [9.17, 15) is 14.9 Å². The van der Waals surface area contributed by atoms with Gasteiger partial charge in [-0.1, -0.05) is 48.0 Å². The van der Waals surface area contributed by atoms with E-state index in [-0.39, 0.29) is 11.4 Å². The summed E-state index contributed by atoms with van der Waals surface area (Å²) in [6.07, 6.45) is 0. The van der Waals surface area contributed by atoms with Gasteiger partial charge >= 0.3 is 0 Å². The van der Waals surface area contributed by atoms with E-state index >= 15 is 0 Å². The van der Waals surface area contributed by atoms with E-state index in [0.717, 1.165) is 11.1 Å². The van der Waals surface area contributed by atoms with E-state index in [1.54, 1.807) is 31.2 Å². The van der Waals surface area contributed by atoms with Gasteiger partial charge in [-0.2, -0.15) is 0 Å². The van der Waals surface area contributed by atoms with E-state index < -0.39 is 10.8 Å². The number of rotatable bonds is 4. The Morgan fingerprint density at radius 2 is 1.74 bits per heavy atom. The van der Waals surface area contributed by atoms with Crippen molar-refractivity contribution < 1.29 is 9.72 Å². The normalized spacial score (nSPS) is 10.8. The highest BCUT2D eigenvalue weighted by Gasteiger charge is 2.22. The molecule has 1 amide bonds. The van der Waals surface area contributed by atoms with E-state index in [1.165, 1.54) is 6.07 Å². The molecule has 4 rings (SSSR count). The number of nitro benzene ring substituents is 1. The molecular weight excluding hydrogens is 414 g/mol. The van der Waals surface area contributed by atoms with Crippen LogP contribution in [0.15, 0.2) is 66.7 Å². The number of fused-ring (bicyclic) bond motifs is 1. The van der Waals surface area contributed by atoms with Crippen LogP contribution in [0.2, 0.25) is 5.02 Å². The summed E-state index contributed by atoms with van der Waals surface area (Å²) < 4.78 is 0. The van der Waals surface area contributed by atoms with E-state index in [2.05, 4.69) is 5.32 Å². The van der Waals surface area contributed by atoms with Gasteiger partial charge in [0.25, 0.3) is 11.6 Å². The zero-order valence-corrected chi connectivity index (χ0v) is 17.6. The number of para-hydroxylation sites is 1. The van der Waals surface area contributed by atoms with Crippen molar-refractivity contribution in [2.45, 2.75) is 13.8 Å². The predicted octanol–water partition coefficient (Wildman–Crippen LogP) is 6.33. The maximum absolute atomic E-state index is 13.4. The second-order valence-electron chi connectivity index (χ2n) is 7.22. The molecule has 0 saturated carbocycles. The van der Waals surface area contributed by atoms with Gasteiger partial charge in [0.05, 0.1) is 21.7 Å². The number of anilines is 1. The van der Waals surface area contributed by atoms with Crippen LogP contribution in [0, 0.1) is 24.0 Å². The number of benzene rings is 3. The lowest BCUT2D eigenvalue weighted by molar-refractivity contribution is -0.384. The molecule has 4 aromatic rings. The standard InChI is InChI=1S/C24H18ClN3O3/c1-14-7-12-20(21(13-14)28(30)31)27-24(29)22-15(2)23(16-8-10-17(25)11-9-16)26-19-6-4-3-5-18(19)22/h3-13H,1-2H3,(H,27,29). The third kappa shape index (κ3) is 3.98. The van der Waals surface area contributed by atoms with Crippen LogP contribution >= 0.6 is 11.6 Å². The van der Waals surface area contributed by atoms with Crippen molar-refractivity contribution in [1.29, 1.82) is 0 Å². The molecule has 7 heteroatoms. The van der Waals surface area contributed by atoms with Gasteiger partial charge < -0.3 is 5.32 Å². The van der Waals surface area contributed by atoms with Crippen LogP contribution in [0.3, 0.4) is 0 Å². The lowest BCUT2D eigenvalue weighted by Crippen LogP contribution is -2.16. The summed E-state index contributed by atoms with van der Waals surface area (Å²) >= 11 is 6.02. The molecule has 0 bridgehead atoms. The number of hydrogen-bond acceptors (Lipinski definition) is 4. The van der Waals surface area contributed by atoms with Gasteiger partial charge in [-0.25, -0.2) is 4.98 Å². The van der Waals surface area contributed by atoms with Gasteiger partial charge in [-0.3, -0.25) is 14.9 Å². The van der Waals surface area contributed by atoms with E-state index in [1.807, 2.05) is 43.3 Å². The summed E-state index contributed by atoms with van der Waals surface area (Å²) in [5.74, 6) is -0.432. The molecule has 1 heterocycles. The maximum Gasteiger partial charge on any atom is 0.293 e. The smallest absolute Gasteiger partial charge is 0.293 e. The van der Waals surface area contributed by atoms with Crippen LogP contribution in [-0.2, 0) is 0 Å². The van der Waals surface area contributed by atoms with Crippen molar-refractivity contribution >= 4 is 39.8 Å². The van der Waals surface area contributed by atoms with Crippen molar-refractivity contribution in [3.63, 3.8) is 0 Å². The van der Waals surface area contributed by atoms with Crippen LogP contribution in [0.5, 0.6) is 0 Å². The molecular formula is C24H18ClN3O3. The minimum Gasteiger partial charge on any atom is -0.316 e. The number of carbonyl (C=O) groups excluding carboxylic acids is 1. The molecule has 0 aliphatic rings. The van der Waals surface area contributed by atoms with Crippen molar-refractivity contribution in [2.24, 2.45) is 0 Å². The molecule has 0 aliphatic heterocycles. The van der Waals surface area contributed by atoms with E-state index in [0.29, 0.717) is 32.7 Å². The number of aromatic nitrogens is 1. The molecule has 154 valence electrons. The fraction of sp³-hybridized carbons (Fsp3) is 0.0833. The lowest BCUT2D eigenvalue weighted by Gasteiger charge is -2.15. The first-order valence-corrected chi connectivity index (χ1v) is 9.94. The Labute approximate surface area is 183 Å². The topological polar surface area (TPSA) is 85.1 Å². The first-order valence-electron chi connectivity index (χ1n) is 9.57. The van der Waals surface area contributed by atoms with Crippen LogP contribution in [0.4, 0.5) is 11.4 Å². The number of amides is 1. The number of pyridine rings is 1. The second-order valence-corrected chi connectivity index (χ2v) is 7.65. The zero-order valence-electron chi connectivity index (χ0n) is 16.8. The van der Waals surface area contributed by atoms with Crippen LogP contribution in [-0.4, -0.2) is 15.8 Å². The number of nitro groups is 1. The molecule has 6 nitrogen and oxygen atoms in total. The molecule has 0 aliphatic carbocycles. The van der Waals surface area contributed by atoms with Gasteiger partial charge in [-0.15, -0.1) is 0 Å². The molecule has 0 fully saturated rings. The average molecular weight is 432 g/mol. The lowest BCUT2D eigenvalue weighted by atomic mass is 9.97. The Bertz CT molecular complexity index is 1330. The summed E-state index contributed by atoms with van der Waals surface area (Å²) in [6, 6.07) is 19.3. The highest BCUT2D eigenvalue weighted by Crippen LogP contribution is 2.32. The number of halogens is 1. The summed E-state index contributed by atoms with van der Waals surface area (Å²) in [5.41, 5.74) is 3.96. The van der Waals surface area contributed by atoms with Crippen molar-refractivity contribution in [3.05, 3.63) is 98.6 Å². The van der Waals surface area contributed by atoms with Gasteiger partial charge in [0.1, 0.15) is 5.69 Å². The molecule has 31 heavy (non-hydrogen) atoms. The Balaban J connectivity index is 1.87. The molecule has 1 N–H and O–H groups in total. The van der Waals surface area contributed by atoms with Gasteiger partial charge in [0, 0.05) is 22.0 Å². The summed E-state index contributed by atoms with van der Waals surface area (Å²) in [5, 5.41) is 15.5. The largest absolute Gasteiger partial charge is 0.316 e. The first kappa shape index (κ1) is 20.5. The summed E-state index contributed by atoms with van der Waals surface area (Å²) in [7, 11) is 0. The van der Waals surface area contributed by atoms with Crippen LogP contribution in [0.1, 0.15) is 21.5 Å². The molecule has 1 aromatic heterocycles. The maximum atomic E-state index is 13.4. The SMILES string of the molecule is Cc1ccc(NC(=O)c2c(C)c(-c3ccc(Cl)cc3)nc3ccccc23)c([N+](=O)[O-])c1. The summed E-state index contributed by atoms with van der Waals surface area (Å²) in [4.78, 5) is 29.1. The third-order valence-corrected chi connectivity index (χ3v) is 5.33. The highest BCUT2D eigenvalue weighted by atomic mass is 35.5. The Morgan fingerprint density at radius 3 is 2.45 bits per heavy atom. The number of aryl methyl sites for hydroxylation is 1. The molecule has 3 aromatic carbocycles. The quantitative estimate of drug-likeness (QED) is 0.302. The Kier molecular flexibility index (Phi) is 5.40. The van der Waals surface area contributed by atoms with Gasteiger partial charge in [0.15, 0.2) is 0 Å². The second kappa shape index (κ2) is 8.16. The summed E-state index contributed by atoms with van der Waals surface area (Å²) in [6.45, 7) is 3.58. The monoisotopic (exact) mass is 431 g/mol. The fourth-order valence-corrected chi connectivity index (χ4v) is 3.70. The zero-order chi connectivity index (χ0) is 22.1. The minimum absolute atomic E-state index is 0.147. The molecule has 0 atom stereocenters. The number of nitrogens with one attached hydrogen (secondary N) is 1. The number of carbonyl (C=O) groups is 1. The highest BCUT2D eigenvalue weighted by molar-refractivity contribution is 6.30. The van der Waals surface area contributed by atoms with Crippen LogP contribution < -0.4 is 5.32 Å². The Hall–Kier alpha value is -3.77. The number of nitrogens with zero attached hydrogens (tertiary/aromatic N) is 2. The predicted molar refractivity (Wildman–Crippen MR) is 123 cm³/mol. The first-order chi connectivity index (χ1) is 14.8. The van der Waals surface area contributed by atoms with E-state index in [4.69, 9.17) is 16.6 Å². The van der Waals surface area contributed by atoms with Crippen molar-refractivity contribution in [1.82, 2.24) is 4.98 Å². The third-order valence-electron chi connectivity index (χ3n) is 5.08. The molecule has 0 radical (unpaired) electrons. The number of hydrogen-bond donors (Lipinski definition) is 1.